The average molecular weight is 298 g/mol. The quantitative estimate of drug-likeness (QED) is 0.530. The number of hydrogen-bond donors (Lipinski definition) is 0. The number of aryl methyl sites for hydroxylation is 1. The molecular weight excluding hydrogens is 285 g/mol. The van der Waals surface area contributed by atoms with Crippen LogP contribution in [-0.4, -0.2) is 5.33 Å². The second-order valence-electron chi connectivity index (χ2n) is 3.30. The molecule has 15 heavy (non-hydrogen) atoms. The molecule has 0 saturated carbocycles. The minimum atomic E-state index is -2.49. The van der Waals surface area contributed by atoms with Gasteiger partial charge in [0.25, 0.3) is 6.43 Å². The summed E-state index contributed by atoms with van der Waals surface area (Å²) >= 11 is 9.00. The molecule has 0 amide bonds. The number of rotatable bonds is 5. The molecule has 1 aromatic rings. The Kier molecular flexibility index (Phi) is 5.54. The Morgan fingerprint density at radius 2 is 2.00 bits per heavy atom. The number of halogens is 4. The third-order valence-corrected chi connectivity index (χ3v) is 3.05. The lowest BCUT2D eigenvalue weighted by atomic mass is 10.1. The fraction of sp³-hybridized carbons (Fsp3) is 0.455. The summed E-state index contributed by atoms with van der Waals surface area (Å²) < 4.78 is 25.0. The van der Waals surface area contributed by atoms with Crippen LogP contribution in [-0.2, 0) is 6.42 Å². The van der Waals surface area contributed by atoms with Gasteiger partial charge in [0.15, 0.2) is 0 Å². The first-order valence-electron chi connectivity index (χ1n) is 4.77. The zero-order valence-corrected chi connectivity index (χ0v) is 10.5. The van der Waals surface area contributed by atoms with Gasteiger partial charge in [-0.1, -0.05) is 33.6 Å². The van der Waals surface area contributed by atoms with Crippen molar-refractivity contribution in [3.63, 3.8) is 0 Å². The van der Waals surface area contributed by atoms with Crippen molar-refractivity contribution in [2.45, 2.75) is 25.7 Å². The van der Waals surface area contributed by atoms with E-state index in [9.17, 15) is 8.78 Å². The third kappa shape index (κ3) is 4.07. The molecule has 0 radical (unpaired) electrons. The van der Waals surface area contributed by atoms with Crippen LogP contribution in [0, 0.1) is 0 Å². The molecule has 0 fully saturated rings. The maximum atomic E-state index is 12.5. The molecule has 0 saturated heterocycles. The average Bonchev–Trinajstić information content (AvgIpc) is 2.20. The number of hydrogen-bond acceptors (Lipinski definition) is 0. The van der Waals surface area contributed by atoms with Gasteiger partial charge >= 0.3 is 0 Å². The first kappa shape index (κ1) is 12.9. The second kappa shape index (κ2) is 6.44. The molecule has 0 aliphatic rings. The first-order valence-corrected chi connectivity index (χ1v) is 6.27. The van der Waals surface area contributed by atoms with Gasteiger partial charge in [0, 0.05) is 15.9 Å². The number of benzene rings is 1. The highest BCUT2D eigenvalue weighted by Gasteiger charge is 2.11. The van der Waals surface area contributed by atoms with Gasteiger partial charge in [-0.25, -0.2) is 8.78 Å². The molecule has 0 unspecified atom stereocenters. The Balaban J connectivity index is 2.70. The van der Waals surface area contributed by atoms with Crippen LogP contribution in [0.5, 0.6) is 0 Å². The smallest absolute Gasteiger partial charge is 0.205 e. The molecule has 0 spiro atoms. The van der Waals surface area contributed by atoms with Crippen molar-refractivity contribution in [3.05, 3.63) is 34.3 Å². The summed E-state index contributed by atoms with van der Waals surface area (Å²) in [6.07, 6.45) is 0.374. The van der Waals surface area contributed by atoms with Gasteiger partial charge in [-0.2, -0.15) is 0 Å². The van der Waals surface area contributed by atoms with Gasteiger partial charge in [-0.3, -0.25) is 0 Å². The van der Waals surface area contributed by atoms with Crippen LogP contribution in [0.3, 0.4) is 0 Å². The molecule has 0 heterocycles. The highest BCUT2D eigenvalue weighted by Crippen LogP contribution is 2.28. The van der Waals surface area contributed by atoms with Gasteiger partial charge in [-0.15, -0.1) is 0 Å². The zero-order chi connectivity index (χ0) is 11.3. The highest BCUT2D eigenvalue weighted by molar-refractivity contribution is 9.09. The lowest BCUT2D eigenvalue weighted by molar-refractivity contribution is 0.151. The predicted molar refractivity (Wildman–Crippen MR) is 63.1 cm³/mol. The van der Waals surface area contributed by atoms with E-state index >= 15 is 0 Å². The van der Waals surface area contributed by atoms with Gasteiger partial charge < -0.3 is 0 Å². The van der Waals surface area contributed by atoms with E-state index in [1.54, 1.807) is 6.07 Å². The minimum Gasteiger partial charge on any atom is -0.205 e. The van der Waals surface area contributed by atoms with E-state index in [2.05, 4.69) is 15.9 Å². The largest absolute Gasteiger partial charge is 0.265 e. The zero-order valence-electron chi connectivity index (χ0n) is 8.15. The maximum Gasteiger partial charge on any atom is 0.265 e. The molecule has 0 aliphatic heterocycles. The molecule has 1 aromatic carbocycles. The lowest BCUT2D eigenvalue weighted by Crippen LogP contribution is -1.91. The SMILES string of the molecule is FC(F)c1cc(CCCCBr)ccc1Cl. The molecule has 1 rings (SSSR count). The Hall–Kier alpha value is -0.150. The second-order valence-corrected chi connectivity index (χ2v) is 4.50. The Labute approximate surface area is 102 Å². The summed E-state index contributed by atoms with van der Waals surface area (Å²) in [7, 11) is 0. The summed E-state index contributed by atoms with van der Waals surface area (Å²) in [4.78, 5) is 0. The van der Waals surface area contributed by atoms with E-state index in [1.807, 2.05) is 6.07 Å². The van der Waals surface area contributed by atoms with E-state index in [0.29, 0.717) is 0 Å². The Morgan fingerprint density at radius 1 is 1.27 bits per heavy atom. The van der Waals surface area contributed by atoms with Crippen LogP contribution in [0.1, 0.15) is 30.4 Å². The molecule has 0 nitrogen and oxygen atoms in total. The van der Waals surface area contributed by atoms with Crippen molar-refractivity contribution >= 4 is 27.5 Å². The van der Waals surface area contributed by atoms with Crippen LogP contribution in [0.25, 0.3) is 0 Å². The van der Waals surface area contributed by atoms with Gasteiger partial charge in [0.05, 0.1) is 0 Å². The Bertz CT molecular complexity index is 315. The van der Waals surface area contributed by atoms with E-state index in [-0.39, 0.29) is 10.6 Å². The topological polar surface area (TPSA) is 0 Å². The van der Waals surface area contributed by atoms with Gasteiger partial charge in [0.1, 0.15) is 0 Å². The van der Waals surface area contributed by atoms with Crippen molar-refractivity contribution in [3.8, 4) is 0 Å². The van der Waals surface area contributed by atoms with Crippen LogP contribution in [0.4, 0.5) is 8.78 Å². The Morgan fingerprint density at radius 3 is 2.60 bits per heavy atom. The van der Waals surface area contributed by atoms with Crippen molar-refractivity contribution in [1.29, 1.82) is 0 Å². The van der Waals surface area contributed by atoms with Crippen LogP contribution in [0.2, 0.25) is 5.02 Å². The maximum absolute atomic E-state index is 12.5. The molecule has 84 valence electrons. The van der Waals surface area contributed by atoms with Crippen LogP contribution >= 0.6 is 27.5 Å². The highest BCUT2D eigenvalue weighted by atomic mass is 79.9. The van der Waals surface area contributed by atoms with E-state index in [0.717, 1.165) is 30.2 Å². The molecular formula is C11H12BrClF2. The van der Waals surface area contributed by atoms with E-state index < -0.39 is 6.43 Å². The van der Waals surface area contributed by atoms with Crippen LogP contribution in [0.15, 0.2) is 18.2 Å². The van der Waals surface area contributed by atoms with E-state index in [1.165, 1.54) is 6.07 Å². The summed E-state index contributed by atoms with van der Waals surface area (Å²) in [5, 5.41) is 1.09. The fourth-order valence-corrected chi connectivity index (χ4v) is 1.94. The minimum absolute atomic E-state index is 0.0620. The van der Waals surface area contributed by atoms with Gasteiger partial charge in [0.2, 0.25) is 0 Å². The molecule has 0 bridgehead atoms. The summed E-state index contributed by atoms with van der Waals surface area (Å²) in [5.74, 6) is 0. The summed E-state index contributed by atoms with van der Waals surface area (Å²) in [6, 6.07) is 4.86. The fourth-order valence-electron chi connectivity index (χ4n) is 1.34. The predicted octanol–water partition coefficient (Wildman–Crippen LogP) is 5.00. The molecule has 0 N–H and O–H groups in total. The monoisotopic (exact) mass is 296 g/mol. The summed E-state index contributed by atoms with van der Waals surface area (Å²) in [5.41, 5.74) is 0.864. The molecule has 0 aromatic heterocycles. The standard InChI is InChI=1S/C11H12BrClF2/c12-6-2-1-3-8-4-5-10(13)9(7-8)11(14)15/h4-5,7,11H,1-3,6H2. The van der Waals surface area contributed by atoms with Crippen molar-refractivity contribution in [1.82, 2.24) is 0 Å². The van der Waals surface area contributed by atoms with Crippen molar-refractivity contribution in [2.75, 3.05) is 5.33 Å². The first-order chi connectivity index (χ1) is 7.15. The lowest BCUT2D eigenvalue weighted by Gasteiger charge is -2.06. The molecule has 4 heteroatoms. The van der Waals surface area contributed by atoms with Gasteiger partial charge in [-0.05, 0) is 37.0 Å². The van der Waals surface area contributed by atoms with Crippen LogP contribution < -0.4 is 0 Å². The van der Waals surface area contributed by atoms with Crippen molar-refractivity contribution < 1.29 is 8.78 Å². The molecule has 0 atom stereocenters. The number of alkyl halides is 3. The third-order valence-electron chi connectivity index (χ3n) is 2.14. The normalized spacial score (nSPS) is 11.0. The van der Waals surface area contributed by atoms with E-state index in [4.69, 9.17) is 11.6 Å². The molecule has 0 aliphatic carbocycles. The van der Waals surface area contributed by atoms with Crippen molar-refractivity contribution in [2.24, 2.45) is 0 Å². The summed E-state index contributed by atoms with van der Waals surface area (Å²) in [6.45, 7) is 0. The number of unbranched alkanes of at least 4 members (excludes halogenated alkanes) is 1.